The van der Waals surface area contributed by atoms with Gasteiger partial charge in [0.15, 0.2) is 0 Å². The molecule has 3 amide bonds. The minimum Gasteiger partial charge on any atom is -0.481 e. The quantitative estimate of drug-likeness (QED) is 0.267. The van der Waals surface area contributed by atoms with Crippen LogP contribution in [0.1, 0.15) is 18.9 Å². The Morgan fingerprint density at radius 3 is 2.27 bits per heavy atom. The largest absolute Gasteiger partial charge is 0.481 e. The van der Waals surface area contributed by atoms with Crippen LogP contribution < -0.4 is 16.0 Å². The number of carboxylic acids is 1. The number of nitrogens with one attached hydrogen (secondary N) is 3. The second kappa shape index (κ2) is 11.1. The average Bonchev–Trinajstić information content (AvgIpc) is 2.61. The van der Waals surface area contributed by atoms with Crippen LogP contribution in [-0.4, -0.2) is 53.2 Å². The van der Waals surface area contributed by atoms with Crippen molar-refractivity contribution in [3.63, 3.8) is 0 Å². The predicted octanol–water partition coefficient (Wildman–Crippen LogP) is -0.262. The minimum absolute atomic E-state index is 0.205. The molecule has 8 nitrogen and oxygen atoms in total. The van der Waals surface area contributed by atoms with Crippen LogP contribution in [0.4, 0.5) is 0 Å². The fraction of sp³-hybridized carbons (Fsp3) is 0.412. The summed E-state index contributed by atoms with van der Waals surface area (Å²) in [5.74, 6) is -1.98. The first-order chi connectivity index (χ1) is 12.4. The molecule has 1 rings (SSSR count). The molecule has 0 radical (unpaired) electrons. The Hall–Kier alpha value is -2.55. The molecule has 26 heavy (non-hydrogen) atoms. The summed E-state index contributed by atoms with van der Waals surface area (Å²) >= 11 is 4.11. The van der Waals surface area contributed by atoms with Crippen LogP contribution in [0.2, 0.25) is 0 Å². The summed E-state index contributed by atoms with van der Waals surface area (Å²) in [7, 11) is 0. The Morgan fingerprint density at radius 2 is 1.73 bits per heavy atom. The number of hydrogen-bond donors (Lipinski definition) is 5. The molecule has 1 aromatic carbocycles. The highest BCUT2D eigenvalue weighted by molar-refractivity contribution is 7.80. The molecule has 0 fully saturated rings. The Bertz CT molecular complexity index is 626. The van der Waals surface area contributed by atoms with E-state index in [1.54, 1.807) is 6.92 Å². The average molecular weight is 381 g/mol. The third-order valence-corrected chi connectivity index (χ3v) is 4.09. The number of carbonyl (C=O) groups excluding carboxylic acids is 3. The highest BCUT2D eigenvalue weighted by Crippen LogP contribution is 2.05. The standard InChI is InChI=1S/C17H23N3O5S/c1-11(9-26)19-17(25)14(7-12-5-3-2-4-6-12)20-16(24)13(18-10-21)8-15(22)23/h2-6,10-11,13-14,26H,7-9H2,1H3,(H,18,21)(H,19,25)(H,20,24)(H,22,23)/t11-,13+,14+/m1/s1. The second-order valence-corrected chi connectivity index (χ2v) is 6.14. The first kappa shape index (κ1) is 21.5. The zero-order valence-electron chi connectivity index (χ0n) is 14.3. The number of hydrogen-bond acceptors (Lipinski definition) is 5. The topological polar surface area (TPSA) is 125 Å². The lowest BCUT2D eigenvalue weighted by Gasteiger charge is -2.23. The lowest BCUT2D eigenvalue weighted by Crippen LogP contribution is -2.55. The molecule has 4 N–H and O–H groups in total. The Labute approximate surface area is 157 Å². The van der Waals surface area contributed by atoms with E-state index < -0.39 is 36.3 Å². The van der Waals surface area contributed by atoms with E-state index in [2.05, 4.69) is 28.6 Å². The molecular formula is C17H23N3O5S. The maximum absolute atomic E-state index is 12.5. The van der Waals surface area contributed by atoms with Gasteiger partial charge in [-0.2, -0.15) is 12.6 Å². The molecule has 1 aromatic rings. The van der Waals surface area contributed by atoms with Gasteiger partial charge >= 0.3 is 5.97 Å². The molecule has 0 heterocycles. The van der Waals surface area contributed by atoms with Crippen molar-refractivity contribution in [2.75, 3.05) is 5.75 Å². The van der Waals surface area contributed by atoms with Crippen molar-refractivity contribution < 1.29 is 24.3 Å². The maximum atomic E-state index is 12.5. The number of carboxylic acid groups (broad SMARTS) is 1. The minimum atomic E-state index is -1.27. The predicted molar refractivity (Wildman–Crippen MR) is 98.8 cm³/mol. The third kappa shape index (κ3) is 7.56. The van der Waals surface area contributed by atoms with Crippen molar-refractivity contribution in [2.45, 2.75) is 37.9 Å². The smallest absolute Gasteiger partial charge is 0.305 e. The van der Waals surface area contributed by atoms with Crippen LogP contribution >= 0.6 is 12.6 Å². The molecule has 0 bridgehead atoms. The molecule has 0 saturated heterocycles. The van der Waals surface area contributed by atoms with Crippen molar-refractivity contribution in [3.05, 3.63) is 35.9 Å². The fourth-order valence-electron chi connectivity index (χ4n) is 2.20. The fourth-order valence-corrected chi connectivity index (χ4v) is 2.30. The molecule has 0 aliphatic rings. The number of thiol groups is 1. The van der Waals surface area contributed by atoms with Crippen LogP contribution in [-0.2, 0) is 25.6 Å². The van der Waals surface area contributed by atoms with E-state index in [1.807, 2.05) is 30.3 Å². The Morgan fingerprint density at radius 1 is 1.12 bits per heavy atom. The molecule has 0 saturated carbocycles. The summed E-state index contributed by atoms with van der Waals surface area (Å²) in [6.07, 6.45) is -0.113. The van der Waals surface area contributed by atoms with Gasteiger partial charge in [0, 0.05) is 18.2 Å². The summed E-state index contributed by atoms with van der Waals surface area (Å²) < 4.78 is 0. The van der Waals surface area contributed by atoms with Gasteiger partial charge in [0.25, 0.3) is 0 Å². The third-order valence-electron chi connectivity index (χ3n) is 3.54. The molecule has 0 aliphatic heterocycles. The van der Waals surface area contributed by atoms with E-state index in [-0.39, 0.29) is 18.9 Å². The van der Waals surface area contributed by atoms with E-state index in [9.17, 15) is 19.2 Å². The normalized spacial score (nSPS) is 13.8. The molecule has 0 aliphatic carbocycles. The van der Waals surface area contributed by atoms with Crippen molar-refractivity contribution in [2.24, 2.45) is 0 Å². The molecule has 142 valence electrons. The van der Waals surface area contributed by atoms with E-state index in [0.717, 1.165) is 5.56 Å². The highest BCUT2D eigenvalue weighted by Gasteiger charge is 2.27. The van der Waals surface area contributed by atoms with Gasteiger partial charge in [-0.3, -0.25) is 19.2 Å². The summed E-state index contributed by atoms with van der Waals surface area (Å²) in [6.45, 7) is 1.77. The van der Waals surface area contributed by atoms with Crippen LogP contribution in [0.3, 0.4) is 0 Å². The summed E-state index contributed by atoms with van der Waals surface area (Å²) in [5.41, 5.74) is 0.824. The first-order valence-corrected chi connectivity index (χ1v) is 8.67. The number of aliphatic carboxylic acids is 1. The van der Waals surface area contributed by atoms with Crippen LogP contribution in [0, 0.1) is 0 Å². The molecule has 0 aromatic heterocycles. The number of benzene rings is 1. The molecule has 9 heteroatoms. The first-order valence-electron chi connectivity index (χ1n) is 8.04. The van der Waals surface area contributed by atoms with E-state index >= 15 is 0 Å². The molecule has 0 unspecified atom stereocenters. The van der Waals surface area contributed by atoms with Gasteiger partial charge in [0.05, 0.1) is 6.42 Å². The van der Waals surface area contributed by atoms with Gasteiger partial charge in [-0.1, -0.05) is 30.3 Å². The lowest BCUT2D eigenvalue weighted by molar-refractivity contribution is -0.140. The van der Waals surface area contributed by atoms with E-state index in [4.69, 9.17) is 5.11 Å². The van der Waals surface area contributed by atoms with Crippen molar-refractivity contribution >= 4 is 36.8 Å². The Balaban J connectivity index is 2.91. The highest BCUT2D eigenvalue weighted by atomic mass is 32.1. The summed E-state index contributed by atoms with van der Waals surface area (Å²) in [4.78, 5) is 46.3. The van der Waals surface area contributed by atoms with Crippen molar-refractivity contribution in [1.82, 2.24) is 16.0 Å². The van der Waals surface area contributed by atoms with E-state index in [0.29, 0.717) is 5.75 Å². The van der Waals surface area contributed by atoms with Gasteiger partial charge < -0.3 is 21.1 Å². The second-order valence-electron chi connectivity index (χ2n) is 5.78. The zero-order chi connectivity index (χ0) is 19.5. The van der Waals surface area contributed by atoms with Gasteiger partial charge in [-0.15, -0.1) is 0 Å². The van der Waals surface area contributed by atoms with Gasteiger partial charge in [-0.25, -0.2) is 0 Å². The van der Waals surface area contributed by atoms with Gasteiger partial charge in [-0.05, 0) is 12.5 Å². The number of rotatable bonds is 11. The lowest BCUT2D eigenvalue weighted by atomic mass is 10.0. The van der Waals surface area contributed by atoms with Crippen LogP contribution in [0.15, 0.2) is 30.3 Å². The maximum Gasteiger partial charge on any atom is 0.305 e. The van der Waals surface area contributed by atoms with Crippen molar-refractivity contribution in [1.29, 1.82) is 0 Å². The van der Waals surface area contributed by atoms with Gasteiger partial charge in [0.1, 0.15) is 12.1 Å². The molecule has 0 spiro atoms. The summed E-state index contributed by atoms with van der Waals surface area (Å²) in [5, 5.41) is 16.3. The molecular weight excluding hydrogens is 358 g/mol. The van der Waals surface area contributed by atoms with Crippen molar-refractivity contribution in [3.8, 4) is 0 Å². The number of amides is 3. The summed E-state index contributed by atoms with van der Waals surface area (Å²) in [6, 6.07) is 6.68. The van der Waals surface area contributed by atoms with Crippen LogP contribution in [0.5, 0.6) is 0 Å². The Kier molecular flexibility index (Phi) is 9.21. The number of carbonyl (C=O) groups is 4. The van der Waals surface area contributed by atoms with Crippen LogP contribution in [0.25, 0.3) is 0 Å². The SMILES string of the molecule is C[C@H](CS)NC(=O)[C@H](Cc1ccccc1)NC(=O)[C@H](CC(=O)O)NC=O. The van der Waals surface area contributed by atoms with Gasteiger partial charge in [0.2, 0.25) is 18.2 Å². The zero-order valence-corrected chi connectivity index (χ0v) is 15.2. The monoisotopic (exact) mass is 381 g/mol. The van der Waals surface area contributed by atoms with E-state index in [1.165, 1.54) is 0 Å². The molecule has 3 atom stereocenters.